The molecule has 0 aliphatic heterocycles. The average molecular weight is 341 g/mol. The molecule has 128 valence electrons. The molecule has 0 saturated carbocycles. The van der Waals surface area contributed by atoms with Gasteiger partial charge in [-0.15, -0.1) is 0 Å². The summed E-state index contributed by atoms with van der Waals surface area (Å²) >= 11 is 0. The summed E-state index contributed by atoms with van der Waals surface area (Å²) in [7, 11) is 0. The third-order valence-electron chi connectivity index (χ3n) is 4.26. The van der Waals surface area contributed by atoms with Gasteiger partial charge in [0, 0.05) is 42.1 Å². The summed E-state index contributed by atoms with van der Waals surface area (Å²) in [5.74, 6) is 0.736. The van der Waals surface area contributed by atoms with E-state index in [2.05, 4.69) is 34.0 Å². The molecule has 0 amide bonds. The highest BCUT2D eigenvalue weighted by Gasteiger charge is 2.07. The van der Waals surface area contributed by atoms with Crippen molar-refractivity contribution in [2.24, 2.45) is 0 Å². The first-order chi connectivity index (χ1) is 12.8. The van der Waals surface area contributed by atoms with E-state index in [1.807, 2.05) is 53.6 Å². The summed E-state index contributed by atoms with van der Waals surface area (Å²) in [5, 5.41) is 4.69. The Hall–Kier alpha value is -3.34. The van der Waals surface area contributed by atoms with Gasteiger partial charge < -0.3 is 0 Å². The maximum absolute atomic E-state index is 4.69. The molecule has 1 aromatic carbocycles. The molecule has 0 spiro atoms. The van der Waals surface area contributed by atoms with E-state index in [9.17, 15) is 0 Å². The number of nitrogens with zero attached hydrogens (tertiary/aromatic N) is 5. The quantitative estimate of drug-likeness (QED) is 0.550. The molecule has 0 saturated heterocycles. The van der Waals surface area contributed by atoms with Crippen LogP contribution < -0.4 is 0 Å². The van der Waals surface area contributed by atoms with Crippen LogP contribution in [0.5, 0.6) is 0 Å². The number of aromatic nitrogens is 5. The van der Waals surface area contributed by atoms with E-state index in [4.69, 9.17) is 5.10 Å². The highest BCUT2D eigenvalue weighted by atomic mass is 15.3. The first kappa shape index (κ1) is 16.1. The summed E-state index contributed by atoms with van der Waals surface area (Å²) < 4.78 is 1.93. The van der Waals surface area contributed by atoms with Crippen LogP contribution in [0.15, 0.2) is 73.4 Å². The molecular formula is C21H19N5. The van der Waals surface area contributed by atoms with Crippen LogP contribution in [0.3, 0.4) is 0 Å². The molecule has 0 aliphatic carbocycles. The molecule has 0 atom stereocenters. The van der Waals surface area contributed by atoms with Crippen molar-refractivity contribution in [1.82, 2.24) is 24.7 Å². The summed E-state index contributed by atoms with van der Waals surface area (Å²) in [6, 6.07) is 14.2. The highest BCUT2D eigenvalue weighted by Crippen LogP contribution is 2.23. The zero-order chi connectivity index (χ0) is 17.8. The van der Waals surface area contributed by atoms with E-state index >= 15 is 0 Å². The van der Waals surface area contributed by atoms with Gasteiger partial charge in [-0.1, -0.05) is 25.1 Å². The number of benzene rings is 1. The molecule has 0 unspecified atom stereocenters. The van der Waals surface area contributed by atoms with Gasteiger partial charge in [-0.25, -0.2) is 9.97 Å². The second-order valence-electron chi connectivity index (χ2n) is 6.10. The van der Waals surface area contributed by atoms with Crippen LogP contribution in [0.25, 0.3) is 22.6 Å². The molecule has 4 aromatic rings. The first-order valence-electron chi connectivity index (χ1n) is 8.66. The van der Waals surface area contributed by atoms with Crippen LogP contribution in [-0.2, 0) is 13.0 Å². The maximum Gasteiger partial charge on any atom is 0.159 e. The van der Waals surface area contributed by atoms with Crippen molar-refractivity contribution < 1.29 is 0 Å². The molecule has 4 rings (SSSR count). The number of pyridine rings is 1. The van der Waals surface area contributed by atoms with Gasteiger partial charge in [0.25, 0.3) is 0 Å². The lowest BCUT2D eigenvalue weighted by molar-refractivity contribution is 0.688. The fourth-order valence-electron chi connectivity index (χ4n) is 2.78. The highest BCUT2D eigenvalue weighted by molar-refractivity contribution is 5.67. The molecule has 3 heterocycles. The number of aryl methyl sites for hydroxylation is 1. The zero-order valence-corrected chi connectivity index (χ0v) is 14.6. The fraction of sp³-hybridized carbons (Fsp3) is 0.143. The van der Waals surface area contributed by atoms with E-state index in [0.29, 0.717) is 0 Å². The molecule has 26 heavy (non-hydrogen) atoms. The summed E-state index contributed by atoms with van der Waals surface area (Å²) in [4.78, 5) is 13.0. The molecule has 0 aliphatic rings. The Morgan fingerprint density at radius 3 is 2.42 bits per heavy atom. The zero-order valence-electron chi connectivity index (χ0n) is 14.6. The Kier molecular flexibility index (Phi) is 4.51. The third kappa shape index (κ3) is 3.52. The Bertz CT molecular complexity index is 990. The van der Waals surface area contributed by atoms with E-state index in [-0.39, 0.29) is 0 Å². The molecule has 0 fully saturated rings. The van der Waals surface area contributed by atoms with Crippen molar-refractivity contribution in [2.75, 3.05) is 0 Å². The van der Waals surface area contributed by atoms with E-state index in [1.54, 1.807) is 12.4 Å². The van der Waals surface area contributed by atoms with Crippen molar-refractivity contribution >= 4 is 0 Å². The van der Waals surface area contributed by atoms with E-state index in [1.165, 1.54) is 5.56 Å². The fourth-order valence-corrected chi connectivity index (χ4v) is 2.78. The van der Waals surface area contributed by atoms with Crippen LogP contribution >= 0.6 is 0 Å². The Balaban J connectivity index is 1.58. The largest absolute Gasteiger partial charge is 0.268 e. The molecule has 0 N–H and O–H groups in total. The number of hydrogen-bond donors (Lipinski definition) is 0. The minimum absolute atomic E-state index is 0.726. The van der Waals surface area contributed by atoms with E-state index < -0.39 is 0 Å². The van der Waals surface area contributed by atoms with Gasteiger partial charge in [0.2, 0.25) is 0 Å². The smallest absolute Gasteiger partial charge is 0.159 e. The second kappa shape index (κ2) is 7.27. The van der Waals surface area contributed by atoms with Crippen LogP contribution in [0.1, 0.15) is 18.1 Å². The van der Waals surface area contributed by atoms with Crippen LogP contribution in [0.2, 0.25) is 0 Å². The molecule has 3 aromatic heterocycles. The SMILES string of the molecule is CCc1cnc(-c2cccc(-c3ccn(Cc4ccncc4)n3)c2)nc1. The number of rotatable bonds is 5. The van der Waals surface area contributed by atoms with Crippen molar-refractivity contribution in [3.63, 3.8) is 0 Å². The molecule has 5 nitrogen and oxygen atoms in total. The molecular weight excluding hydrogens is 322 g/mol. The monoisotopic (exact) mass is 341 g/mol. The third-order valence-corrected chi connectivity index (χ3v) is 4.26. The lowest BCUT2D eigenvalue weighted by Crippen LogP contribution is -2.00. The van der Waals surface area contributed by atoms with E-state index in [0.717, 1.165) is 41.2 Å². The first-order valence-corrected chi connectivity index (χ1v) is 8.66. The standard InChI is InChI=1S/C21H19N5/c1-2-16-13-23-21(24-14-16)19-5-3-4-18(12-19)20-8-11-26(25-20)15-17-6-9-22-10-7-17/h3-14H,2,15H2,1H3. The maximum atomic E-state index is 4.69. The van der Waals surface area contributed by atoms with Crippen molar-refractivity contribution in [1.29, 1.82) is 0 Å². The van der Waals surface area contributed by atoms with Gasteiger partial charge in [0.1, 0.15) is 0 Å². The predicted molar refractivity (Wildman–Crippen MR) is 101 cm³/mol. The Labute approximate surface area is 152 Å². The lowest BCUT2D eigenvalue weighted by Gasteiger charge is -2.04. The Morgan fingerprint density at radius 2 is 1.65 bits per heavy atom. The molecule has 5 heteroatoms. The molecule has 0 bridgehead atoms. The topological polar surface area (TPSA) is 56.5 Å². The van der Waals surface area contributed by atoms with Crippen LogP contribution in [0.4, 0.5) is 0 Å². The van der Waals surface area contributed by atoms with Crippen LogP contribution in [-0.4, -0.2) is 24.7 Å². The minimum atomic E-state index is 0.726. The molecule has 0 radical (unpaired) electrons. The lowest BCUT2D eigenvalue weighted by atomic mass is 10.1. The van der Waals surface area contributed by atoms with Gasteiger partial charge in [0.05, 0.1) is 12.2 Å². The van der Waals surface area contributed by atoms with Gasteiger partial charge in [-0.3, -0.25) is 9.67 Å². The minimum Gasteiger partial charge on any atom is -0.268 e. The normalized spacial score (nSPS) is 10.8. The predicted octanol–water partition coefficient (Wildman–Crippen LogP) is 4.01. The number of hydrogen-bond acceptors (Lipinski definition) is 4. The Morgan fingerprint density at radius 1 is 0.885 bits per heavy atom. The summed E-state index contributed by atoms with van der Waals surface area (Å²) in [6.07, 6.45) is 10.3. The van der Waals surface area contributed by atoms with Crippen molar-refractivity contribution in [3.8, 4) is 22.6 Å². The van der Waals surface area contributed by atoms with Gasteiger partial charge >= 0.3 is 0 Å². The van der Waals surface area contributed by atoms with Gasteiger partial charge in [0.15, 0.2) is 5.82 Å². The summed E-state index contributed by atoms with van der Waals surface area (Å²) in [5.41, 5.74) is 5.30. The average Bonchev–Trinajstić information content (AvgIpc) is 3.17. The summed E-state index contributed by atoms with van der Waals surface area (Å²) in [6.45, 7) is 2.82. The second-order valence-corrected chi connectivity index (χ2v) is 6.10. The van der Waals surface area contributed by atoms with Gasteiger partial charge in [-0.2, -0.15) is 5.10 Å². The van der Waals surface area contributed by atoms with Crippen molar-refractivity contribution in [3.05, 3.63) is 84.6 Å². The van der Waals surface area contributed by atoms with Gasteiger partial charge in [-0.05, 0) is 41.8 Å². The van der Waals surface area contributed by atoms with Crippen LogP contribution in [0, 0.1) is 0 Å². The van der Waals surface area contributed by atoms with Crippen molar-refractivity contribution in [2.45, 2.75) is 19.9 Å².